The number of amides is 2. The van der Waals surface area contributed by atoms with E-state index in [1.165, 1.54) is 14.0 Å². The summed E-state index contributed by atoms with van der Waals surface area (Å²) in [6, 6.07) is 9.42. The van der Waals surface area contributed by atoms with Crippen LogP contribution in [0.15, 0.2) is 30.3 Å². The zero-order valence-electron chi connectivity index (χ0n) is 13.5. The van der Waals surface area contributed by atoms with Gasteiger partial charge >= 0.3 is 5.97 Å². The van der Waals surface area contributed by atoms with E-state index in [0.29, 0.717) is 25.9 Å². The van der Waals surface area contributed by atoms with Crippen molar-refractivity contribution in [1.82, 2.24) is 10.2 Å². The molecular weight excluding hydrogens is 296 g/mol. The number of ether oxygens (including phenoxy) is 1. The second kappa shape index (κ2) is 7.26. The van der Waals surface area contributed by atoms with Crippen LogP contribution in [0.5, 0.6) is 0 Å². The maximum atomic E-state index is 12.7. The predicted octanol–water partition coefficient (Wildman–Crippen LogP) is 0.856. The molecule has 0 spiro atoms. The van der Waals surface area contributed by atoms with Crippen LogP contribution < -0.4 is 5.32 Å². The van der Waals surface area contributed by atoms with Crippen molar-refractivity contribution in [3.8, 4) is 0 Å². The molecule has 1 aliphatic heterocycles. The molecule has 1 aliphatic rings. The third-order valence-corrected chi connectivity index (χ3v) is 4.39. The predicted molar refractivity (Wildman–Crippen MR) is 84.6 cm³/mol. The van der Waals surface area contributed by atoms with Crippen molar-refractivity contribution < 1.29 is 19.1 Å². The third kappa shape index (κ3) is 3.70. The Labute approximate surface area is 135 Å². The van der Waals surface area contributed by atoms with E-state index in [-0.39, 0.29) is 18.4 Å². The molecule has 6 nitrogen and oxygen atoms in total. The highest BCUT2D eigenvalue weighted by molar-refractivity contribution is 5.87. The number of likely N-dealkylation sites (tertiary alicyclic amines) is 1. The van der Waals surface area contributed by atoms with Crippen molar-refractivity contribution >= 4 is 17.8 Å². The molecule has 1 N–H and O–H groups in total. The van der Waals surface area contributed by atoms with E-state index < -0.39 is 11.4 Å². The van der Waals surface area contributed by atoms with Crippen LogP contribution in [0.1, 0.15) is 25.3 Å². The van der Waals surface area contributed by atoms with Gasteiger partial charge in [0.15, 0.2) is 6.61 Å². The molecule has 2 amide bonds. The molecule has 0 unspecified atom stereocenters. The van der Waals surface area contributed by atoms with E-state index in [1.54, 1.807) is 4.90 Å². The Kier molecular flexibility index (Phi) is 5.36. The molecule has 124 valence electrons. The van der Waals surface area contributed by atoms with Gasteiger partial charge in [0.05, 0.1) is 5.41 Å². The van der Waals surface area contributed by atoms with Crippen LogP contribution in [-0.2, 0) is 24.5 Å². The van der Waals surface area contributed by atoms with Gasteiger partial charge in [-0.15, -0.1) is 0 Å². The smallest absolute Gasteiger partial charge is 0.317 e. The molecule has 0 radical (unpaired) electrons. The molecule has 0 aliphatic carbocycles. The van der Waals surface area contributed by atoms with Crippen LogP contribution in [0.2, 0.25) is 0 Å². The molecule has 1 fully saturated rings. The average molecular weight is 318 g/mol. The van der Waals surface area contributed by atoms with Crippen molar-refractivity contribution in [2.24, 2.45) is 0 Å². The lowest BCUT2D eigenvalue weighted by Gasteiger charge is -2.40. The zero-order chi connectivity index (χ0) is 16.9. The van der Waals surface area contributed by atoms with Gasteiger partial charge in [-0.2, -0.15) is 0 Å². The number of hydrogen-bond acceptors (Lipinski definition) is 4. The number of nitrogens with zero attached hydrogens (tertiary/aromatic N) is 1. The van der Waals surface area contributed by atoms with Gasteiger partial charge < -0.3 is 15.0 Å². The first-order chi connectivity index (χ1) is 11.0. The molecule has 2 rings (SSSR count). The SMILES string of the molecule is CNC(=O)COC(=O)C1(c2ccccc2)CCN(C(C)=O)CC1. The number of benzene rings is 1. The highest BCUT2D eigenvalue weighted by Gasteiger charge is 2.44. The fourth-order valence-corrected chi connectivity index (χ4v) is 2.91. The number of carbonyl (C=O) groups is 3. The molecule has 0 aromatic heterocycles. The summed E-state index contributed by atoms with van der Waals surface area (Å²) in [5.41, 5.74) is 0.0615. The molecule has 23 heavy (non-hydrogen) atoms. The highest BCUT2D eigenvalue weighted by atomic mass is 16.5. The molecule has 6 heteroatoms. The summed E-state index contributed by atoms with van der Waals surface area (Å²) < 4.78 is 5.23. The Hall–Kier alpha value is -2.37. The molecule has 1 saturated heterocycles. The van der Waals surface area contributed by atoms with E-state index in [9.17, 15) is 14.4 Å². The second-order valence-corrected chi connectivity index (χ2v) is 5.70. The first kappa shape index (κ1) is 17.0. The first-order valence-electron chi connectivity index (χ1n) is 7.68. The second-order valence-electron chi connectivity index (χ2n) is 5.70. The minimum absolute atomic E-state index is 0.00499. The minimum atomic E-state index is -0.804. The van der Waals surface area contributed by atoms with Gasteiger partial charge in [-0.05, 0) is 18.4 Å². The number of likely N-dealkylation sites (N-methyl/N-ethyl adjacent to an activating group) is 1. The molecular formula is C17H22N2O4. The summed E-state index contributed by atoms with van der Waals surface area (Å²) in [5.74, 6) is -0.747. The molecule has 1 heterocycles. The Morgan fingerprint density at radius 3 is 2.30 bits per heavy atom. The van der Waals surface area contributed by atoms with Crippen molar-refractivity contribution in [1.29, 1.82) is 0 Å². The quantitative estimate of drug-likeness (QED) is 0.835. The number of rotatable bonds is 4. The summed E-state index contributed by atoms with van der Waals surface area (Å²) in [5, 5.41) is 2.43. The minimum Gasteiger partial charge on any atom is -0.455 e. The van der Waals surface area contributed by atoms with E-state index in [1.807, 2.05) is 30.3 Å². The Bertz CT molecular complexity index is 578. The summed E-state index contributed by atoms with van der Waals surface area (Å²) in [4.78, 5) is 37.3. The lowest BCUT2D eigenvalue weighted by Crippen LogP contribution is -2.49. The lowest BCUT2D eigenvalue weighted by molar-refractivity contribution is -0.157. The van der Waals surface area contributed by atoms with Gasteiger partial charge in [-0.25, -0.2) is 0 Å². The number of nitrogens with one attached hydrogen (secondary N) is 1. The Morgan fingerprint density at radius 2 is 1.78 bits per heavy atom. The Morgan fingerprint density at radius 1 is 1.17 bits per heavy atom. The summed E-state index contributed by atoms with van der Waals surface area (Å²) in [7, 11) is 1.49. The van der Waals surface area contributed by atoms with Crippen molar-refractivity contribution in [2.45, 2.75) is 25.2 Å². The lowest BCUT2D eigenvalue weighted by atomic mass is 9.72. The number of carbonyl (C=O) groups excluding carboxylic acids is 3. The van der Waals surface area contributed by atoms with Gasteiger partial charge in [0.25, 0.3) is 5.91 Å². The molecule has 0 atom stereocenters. The fraction of sp³-hybridized carbons (Fsp3) is 0.471. The maximum Gasteiger partial charge on any atom is 0.317 e. The number of hydrogen-bond donors (Lipinski definition) is 1. The summed E-state index contributed by atoms with van der Waals surface area (Å²) in [6.07, 6.45) is 0.979. The Balaban J connectivity index is 2.21. The topological polar surface area (TPSA) is 75.7 Å². The molecule has 0 saturated carbocycles. The summed E-state index contributed by atoms with van der Waals surface area (Å²) in [6.45, 7) is 2.23. The fourth-order valence-electron chi connectivity index (χ4n) is 2.91. The maximum absolute atomic E-state index is 12.7. The third-order valence-electron chi connectivity index (χ3n) is 4.39. The molecule has 1 aromatic rings. The highest BCUT2D eigenvalue weighted by Crippen LogP contribution is 2.36. The van der Waals surface area contributed by atoms with E-state index in [4.69, 9.17) is 4.74 Å². The van der Waals surface area contributed by atoms with Gasteiger partial charge in [0, 0.05) is 27.1 Å². The molecule has 0 bridgehead atoms. The number of esters is 1. The van der Waals surface area contributed by atoms with Crippen molar-refractivity contribution in [2.75, 3.05) is 26.7 Å². The standard InChI is InChI=1S/C17H22N2O4/c1-13(20)19-10-8-17(9-11-19,14-6-4-3-5-7-14)16(22)23-12-15(21)18-2/h3-7H,8-12H2,1-2H3,(H,18,21). The normalized spacial score (nSPS) is 16.5. The van der Waals surface area contributed by atoms with Gasteiger partial charge in [0.1, 0.15) is 0 Å². The largest absolute Gasteiger partial charge is 0.455 e. The van der Waals surface area contributed by atoms with Crippen LogP contribution in [0.4, 0.5) is 0 Å². The molecule has 1 aromatic carbocycles. The van der Waals surface area contributed by atoms with E-state index >= 15 is 0 Å². The van der Waals surface area contributed by atoms with Crippen molar-refractivity contribution in [3.63, 3.8) is 0 Å². The van der Waals surface area contributed by atoms with Crippen LogP contribution in [0.3, 0.4) is 0 Å². The summed E-state index contributed by atoms with van der Waals surface area (Å²) >= 11 is 0. The average Bonchev–Trinajstić information content (AvgIpc) is 2.59. The number of piperidine rings is 1. The van der Waals surface area contributed by atoms with E-state index in [2.05, 4.69) is 5.32 Å². The first-order valence-corrected chi connectivity index (χ1v) is 7.68. The van der Waals surface area contributed by atoms with Crippen molar-refractivity contribution in [3.05, 3.63) is 35.9 Å². The van der Waals surface area contributed by atoms with Gasteiger partial charge in [0.2, 0.25) is 5.91 Å². The van der Waals surface area contributed by atoms with Crippen LogP contribution >= 0.6 is 0 Å². The van der Waals surface area contributed by atoms with Crippen LogP contribution in [-0.4, -0.2) is 49.4 Å². The van der Waals surface area contributed by atoms with Gasteiger partial charge in [-0.3, -0.25) is 14.4 Å². The zero-order valence-corrected chi connectivity index (χ0v) is 13.5. The van der Waals surface area contributed by atoms with Crippen LogP contribution in [0, 0.1) is 0 Å². The van der Waals surface area contributed by atoms with Crippen LogP contribution in [0.25, 0.3) is 0 Å². The van der Waals surface area contributed by atoms with E-state index in [0.717, 1.165) is 5.56 Å². The van der Waals surface area contributed by atoms with Gasteiger partial charge in [-0.1, -0.05) is 30.3 Å². The monoisotopic (exact) mass is 318 g/mol.